The number of nitrogens with two attached hydrogens (primary N) is 1. The number of primary sulfonamides is 1. The molecule has 1 heterocycles. The van der Waals surface area contributed by atoms with Crippen molar-refractivity contribution in [1.82, 2.24) is 9.97 Å². The summed E-state index contributed by atoms with van der Waals surface area (Å²) in [6, 6.07) is 15.6. The number of aromatic amines is 1. The van der Waals surface area contributed by atoms with Crippen molar-refractivity contribution in [2.75, 3.05) is 0 Å². The second-order valence-electron chi connectivity index (χ2n) is 6.66. The molecular weight excluding hydrogens is 396 g/mol. The molecule has 5 nitrogen and oxygen atoms in total. The van der Waals surface area contributed by atoms with Crippen LogP contribution < -0.4 is 5.14 Å². The summed E-state index contributed by atoms with van der Waals surface area (Å²) in [4.78, 5) is 7.62. The molecule has 29 heavy (non-hydrogen) atoms. The van der Waals surface area contributed by atoms with Gasteiger partial charge in [-0.05, 0) is 42.3 Å². The molecule has 0 aliphatic rings. The van der Waals surface area contributed by atoms with Crippen LogP contribution >= 0.6 is 0 Å². The number of fused-ring (bicyclic) bond motifs is 1. The Morgan fingerprint density at radius 1 is 0.931 bits per heavy atom. The first-order chi connectivity index (χ1) is 13.8. The van der Waals surface area contributed by atoms with Crippen molar-refractivity contribution >= 4 is 21.1 Å². The van der Waals surface area contributed by atoms with Gasteiger partial charge in [-0.1, -0.05) is 30.3 Å². The highest BCUT2D eigenvalue weighted by Gasteiger charge is 2.16. The van der Waals surface area contributed by atoms with Gasteiger partial charge in [-0.3, -0.25) is 0 Å². The van der Waals surface area contributed by atoms with Gasteiger partial charge in [0.05, 0.1) is 15.9 Å². The molecule has 0 saturated carbocycles. The number of nitrogens with zero attached hydrogens (tertiary/aromatic N) is 1. The molecule has 3 aromatic carbocycles. The van der Waals surface area contributed by atoms with E-state index in [1.165, 1.54) is 24.3 Å². The van der Waals surface area contributed by atoms with Gasteiger partial charge in [-0.25, -0.2) is 27.3 Å². The van der Waals surface area contributed by atoms with E-state index in [9.17, 15) is 17.2 Å². The maximum Gasteiger partial charge on any atom is 0.238 e. The fraction of sp³-hybridized carbons (Fsp3) is 0.0952. The van der Waals surface area contributed by atoms with Crippen molar-refractivity contribution in [1.29, 1.82) is 0 Å². The number of imidazole rings is 1. The smallest absolute Gasteiger partial charge is 0.238 e. The first-order valence-corrected chi connectivity index (χ1v) is 10.4. The van der Waals surface area contributed by atoms with Crippen LogP contribution in [0.25, 0.3) is 22.2 Å². The van der Waals surface area contributed by atoms with Crippen LogP contribution in [-0.2, 0) is 22.9 Å². The summed E-state index contributed by atoms with van der Waals surface area (Å²) in [7, 11) is -3.87. The summed E-state index contributed by atoms with van der Waals surface area (Å²) < 4.78 is 51.3. The summed E-state index contributed by atoms with van der Waals surface area (Å²) in [5.41, 5.74) is 2.54. The molecule has 0 spiro atoms. The lowest BCUT2D eigenvalue weighted by atomic mass is 10.1. The third-order valence-electron chi connectivity index (χ3n) is 4.71. The Bertz CT molecular complexity index is 1300. The zero-order chi connectivity index (χ0) is 20.6. The van der Waals surface area contributed by atoms with E-state index in [1.807, 2.05) is 0 Å². The van der Waals surface area contributed by atoms with E-state index in [0.717, 1.165) is 0 Å². The largest absolute Gasteiger partial charge is 0.342 e. The molecule has 0 unspecified atom stereocenters. The molecule has 4 aromatic rings. The maximum absolute atomic E-state index is 13.8. The Kier molecular flexibility index (Phi) is 4.89. The van der Waals surface area contributed by atoms with E-state index in [-0.39, 0.29) is 16.9 Å². The molecule has 0 saturated heterocycles. The number of hydrogen-bond acceptors (Lipinski definition) is 3. The first-order valence-electron chi connectivity index (χ1n) is 8.86. The van der Waals surface area contributed by atoms with Crippen molar-refractivity contribution in [3.63, 3.8) is 0 Å². The average Bonchev–Trinajstić information content (AvgIpc) is 3.09. The average molecular weight is 413 g/mol. The van der Waals surface area contributed by atoms with Crippen LogP contribution in [0.3, 0.4) is 0 Å². The monoisotopic (exact) mass is 413 g/mol. The molecule has 0 bridgehead atoms. The van der Waals surface area contributed by atoms with Crippen molar-refractivity contribution < 1.29 is 17.2 Å². The fourth-order valence-electron chi connectivity index (χ4n) is 3.32. The van der Waals surface area contributed by atoms with Crippen LogP contribution in [0, 0.1) is 11.6 Å². The number of rotatable bonds is 5. The number of aryl methyl sites for hydroxylation is 1. The lowest BCUT2D eigenvalue weighted by Crippen LogP contribution is -2.13. The summed E-state index contributed by atoms with van der Waals surface area (Å²) in [6.07, 6.45) is 0.495. The van der Waals surface area contributed by atoms with Crippen molar-refractivity contribution in [2.24, 2.45) is 5.14 Å². The number of halogens is 2. The van der Waals surface area contributed by atoms with Crippen LogP contribution in [0.4, 0.5) is 8.78 Å². The Labute approximate surface area is 166 Å². The van der Waals surface area contributed by atoms with E-state index in [4.69, 9.17) is 5.14 Å². The molecule has 0 amide bonds. The van der Waals surface area contributed by atoms with Gasteiger partial charge in [0, 0.05) is 17.5 Å². The first kappa shape index (κ1) is 19.2. The second kappa shape index (κ2) is 7.38. The quantitative estimate of drug-likeness (QED) is 0.519. The molecule has 0 radical (unpaired) electrons. The SMILES string of the molecule is NS(=O)(=O)c1ccccc1-c1ccc2nc(CCc3c(F)cccc3F)[nH]c2c1. The number of nitrogens with one attached hydrogen (secondary N) is 1. The van der Waals surface area contributed by atoms with Gasteiger partial charge >= 0.3 is 0 Å². The van der Waals surface area contributed by atoms with Gasteiger partial charge in [0.1, 0.15) is 17.5 Å². The fourth-order valence-corrected chi connectivity index (χ4v) is 4.08. The number of benzene rings is 3. The van der Waals surface area contributed by atoms with Crippen molar-refractivity contribution in [3.05, 3.63) is 83.7 Å². The minimum absolute atomic E-state index is 0.0238. The third kappa shape index (κ3) is 3.90. The molecule has 1 aromatic heterocycles. The molecular formula is C21H17F2N3O2S. The van der Waals surface area contributed by atoms with E-state index < -0.39 is 21.7 Å². The van der Waals surface area contributed by atoms with Gasteiger partial charge < -0.3 is 4.98 Å². The predicted molar refractivity (Wildman–Crippen MR) is 107 cm³/mol. The number of aromatic nitrogens is 2. The van der Waals surface area contributed by atoms with E-state index in [1.54, 1.807) is 36.4 Å². The Balaban J connectivity index is 1.66. The van der Waals surface area contributed by atoms with Crippen LogP contribution in [0.15, 0.2) is 65.6 Å². The molecule has 8 heteroatoms. The van der Waals surface area contributed by atoms with Crippen LogP contribution in [0.1, 0.15) is 11.4 Å². The zero-order valence-corrected chi connectivity index (χ0v) is 16.0. The Morgan fingerprint density at radius 3 is 2.38 bits per heavy atom. The normalized spacial score (nSPS) is 11.8. The van der Waals surface area contributed by atoms with Crippen LogP contribution in [0.5, 0.6) is 0 Å². The zero-order valence-electron chi connectivity index (χ0n) is 15.2. The topological polar surface area (TPSA) is 88.8 Å². The molecule has 0 fully saturated rings. The Morgan fingerprint density at radius 2 is 1.66 bits per heavy atom. The van der Waals surface area contributed by atoms with Crippen LogP contribution in [-0.4, -0.2) is 18.4 Å². The highest BCUT2D eigenvalue weighted by molar-refractivity contribution is 7.89. The standard InChI is InChI=1S/C21H17F2N3O2S/c22-16-5-3-6-17(23)15(16)9-11-21-25-18-10-8-13(12-19(18)26-21)14-4-1-2-7-20(14)29(24,27)28/h1-8,10,12H,9,11H2,(H,25,26)(H2,24,27,28). The van der Waals surface area contributed by atoms with Gasteiger partial charge in [-0.2, -0.15) is 0 Å². The maximum atomic E-state index is 13.8. The van der Waals surface area contributed by atoms with Crippen LogP contribution in [0.2, 0.25) is 0 Å². The van der Waals surface area contributed by atoms with Gasteiger partial charge in [-0.15, -0.1) is 0 Å². The predicted octanol–water partition coefficient (Wildman–Crippen LogP) is 3.94. The molecule has 3 N–H and O–H groups in total. The highest BCUT2D eigenvalue weighted by Crippen LogP contribution is 2.29. The molecule has 0 aliphatic heterocycles. The van der Waals surface area contributed by atoms with Crippen molar-refractivity contribution in [2.45, 2.75) is 17.7 Å². The summed E-state index contributed by atoms with van der Waals surface area (Å²) in [6.45, 7) is 0. The molecule has 0 atom stereocenters. The lowest BCUT2D eigenvalue weighted by Gasteiger charge is -2.07. The number of sulfonamides is 1. The van der Waals surface area contributed by atoms with E-state index in [2.05, 4.69) is 9.97 Å². The van der Waals surface area contributed by atoms with Crippen molar-refractivity contribution in [3.8, 4) is 11.1 Å². The number of hydrogen-bond donors (Lipinski definition) is 2. The van der Waals surface area contributed by atoms with E-state index >= 15 is 0 Å². The number of H-pyrrole nitrogens is 1. The molecule has 0 aliphatic carbocycles. The second-order valence-corrected chi connectivity index (χ2v) is 8.19. The molecule has 4 rings (SSSR count). The van der Waals surface area contributed by atoms with Gasteiger partial charge in [0.25, 0.3) is 0 Å². The van der Waals surface area contributed by atoms with Gasteiger partial charge in [0.15, 0.2) is 0 Å². The highest BCUT2D eigenvalue weighted by atomic mass is 32.2. The van der Waals surface area contributed by atoms with Gasteiger partial charge in [0.2, 0.25) is 10.0 Å². The summed E-state index contributed by atoms with van der Waals surface area (Å²) in [5.74, 6) is -0.578. The minimum Gasteiger partial charge on any atom is -0.342 e. The molecule has 148 valence electrons. The summed E-state index contributed by atoms with van der Waals surface area (Å²) >= 11 is 0. The lowest BCUT2D eigenvalue weighted by molar-refractivity contribution is 0.553. The summed E-state index contributed by atoms with van der Waals surface area (Å²) in [5, 5.41) is 5.32. The Hall–Kier alpha value is -3.10. The van der Waals surface area contributed by atoms with E-state index in [0.29, 0.717) is 34.4 Å². The minimum atomic E-state index is -3.87. The third-order valence-corrected chi connectivity index (χ3v) is 5.68.